The molecule has 0 saturated heterocycles. The Hall–Kier alpha value is -2.66. The summed E-state index contributed by atoms with van der Waals surface area (Å²) in [6.07, 6.45) is 7.73. The smallest absolute Gasteiger partial charge is 0.146 e. The molecule has 0 spiro atoms. The quantitative estimate of drug-likeness (QED) is 0.509. The van der Waals surface area contributed by atoms with Crippen LogP contribution in [0.1, 0.15) is 42.6 Å². The van der Waals surface area contributed by atoms with Gasteiger partial charge in [-0.15, -0.1) is 12.4 Å². The molecule has 0 unspecified atom stereocenters. The lowest BCUT2D eigenvalue weighted by Gasteiger charge is -2.02. The number of hydrogen-bond donors (Lipinski definition) is 2. The van der Waals surface area contributed by atoms with Crippen LogP contribution in [0.5, 0.6) is 11.5 Å². The molecule has 2 N–H and O–H groups in total. The van der Waals surface area contributed by atoms with Crippen LogP contribution in [0, 0.1) is 0 Å². The summed E-state index contributed by atoms with van der Waals surface area (Å²) in [5.74, 6) is 1.70. The number of aromatic amines is 2. The van der Waals surface area contributed by atoms with E-state index in [0.29, 0.717) is 6.04 Å². The summed E-state index contributed by atoms with van der Waals surface area (Å²) in [6.45, 7) is 0. The standard InChI is InChI=1S/C23H27N3O2.ClH/c1-27-19-10-7-16(8-11-19)13-18-9-12-20(25-18)21-14-23(28-2)22(26-21)15-24-17-5-3-4-6-17;/h7-12,14-15,17,25-26H,3-6,13H2,1-2H3;1H. The normalized spacial score (nSPS) is 14.3. The van der Waals surface area contributed by atoms with Crippen LogP contribution >= 0.6 is 12.4 Å². The molecule has 154 valence electrons. The van der Waals surface area contributed by atoms with E-state index in [0.717, 1.165) is 40.7 Å². The molecule has 1 aliphatic rings. The molecule has 2 aromatic heterocycles. The lowest BCUT2D eigenvalue weighted by atomic mass is 10.1. The van der Waals surface area contributed by atoms with E-state index >= 15 is 0 Å². The molecule has 1 saturated carbocycles. The van der Waals surface area contributed by atoms with Gasteiger partial charge in [0.05, 0.1) is 37.3 Å². The molecule has 0 radical (unpaired) electrons. The minimum atomic E-state index is 0. The number of aliphatic imine (C=N–C) groups is 1. The van der Waals surface area contributed by atoms with Crippen molar-refractivity contribution in [2.24, 2.45) is 4.99 Å². The van der Waals surface area contributed by atoms with E-state index in [-0.39, 0.29) is 12.4 Å². The highest BCUT2D eigenvalue weighted by Crippen LogP contribution is 2.27. The van der Waals surface area contributed by atoms with Crippen LogP contribution in [0.25, 0.3) is 11.4 Å². The van der Waals surface area contributed by atoms with Crippen molar-refractivity contribution in [1.82, 2.24) is 9.97 Å². The maximum Gasteiger partial charge on any atom is 0.146 e. The van der Waals surface area contributed by atoms with E-state index < -0.39 is 0 Å². The van der Waals surface area contributed by atoms with Gasteiger partial charge in [-0.2, -0.15) is 0 Å². The first kappa shape index (κ1) is 21.1. The fourth-order valence-corrected chi connectivity index (χ4v) is 3.76. The molecule has 4 rings (SSSR count). The average molecular weight is 414 g/mol. The molecule has 6 heteroatoms. The van der Waals surface area contributed by atoms with Gasteiger partial charge in [-0.1, -0.05) is 25.0 Å². The Morgan fingerprint density at radius 3 is 2.41 bits per heavy atom. The molecule has 1 fully saturated rings. The minimum absolute atomic E-state index is 0. The molecular weight excluding hydrogens is 386 g/mol. The molecule has 2 heterocycles. The van der Waals surface area contributed by atoms with Crippen molar-refractivity contribution in [1.29, 1.82) is 0 Å². The summed E-state index contributed by atoms with van der Waals surface area (Å²) in [4.78, 5) is 11.7. The van der Waals surface area contributed by atoms with Crippen LogP contribution in [-0.2, 0) is 6.42 Å². The van der Waals surface area contributed by atoms with Gasteiger partial charge >= 0.3 is 0 Å². The van der Waals surface area contributed by atoms with Crippen molar-refractivity contribution in [3.05, 3.63) is 59.4 Å². The highest BCUT2D eigenvalue weighted by molar-refractivity contribution is 5.85. The third-order valence-electron chi connectivity index (χ3n) is 5.36. The zero-order valence-corrected chi connectivity index (χ0v) is 17.7. The monoisotopic (exact) mass is 413 g/mol. The van der Waals surface area contributed by atoms with E-state index in [1.54, 1.807) is 14.2 Å². The first-order valence-corrected chi connectivity index (χ1v) is 9.86. The number of rotatable bonds is 7. The van der Waals surface area contributed by atoms with E-state index in [2.05, 4.69) is 34.2 Å². The van der Waals surface area contributed by atoms with Gasteiger partial charge in [0.25, 0.3) is 0 Å². The van der Waals surface area contributed by atoms with E-state index in [9.17, 15) is 0 Å². The Morgan fingerprint density at radius 2 is 1.72 bits per heavy atom. The van der Waals surface area contributed by atoms with Crippen molar-refractivity contribution in [2.75, 3.05) is 14.2 Å². The highest BCUT2D eigenvalue weighted by atomic mass is 35.5. The third kappa shape index (κ3) is 5.04. The zero-order valence-electron chi connectivity index (χ0n) is 16.9. The zero-order chi connectivity index (χ0) is 19.3. The Kier molecular flexibility index (Phi) is 7.04. The van der Waals surface area contributed by atoms with Crippen LogP contribution in [0.3, 0.4) is 0 Å². The molecule has 3 aromatic rings. The van der Waals surface area contributed by atoms with Crippen molar-refractivity contribution in [3.8, 4) is 22.9 Å². The maximum absolute atomic E-state index is 5.54. The topological polar surface area (TPSA) is 62.4 Å². The van der Waals surface area contributed by atoms with Crippen molar-refractivity contribution >= 4 is 18.6 Å². The molecular formula is C23H28ClN3O2. The van der Waals surface area contributed by atoms with E-state index in [4.69, 9.17) is 14.5 Å². The van der Waals surface area contributed by atoms with Gasteiger partial charge in [-0.25, -0.2) is 0 Å². The number of methoxy groups -OCH3 is 2. The van der Waals surface area contributed by atoms with Gasteiger partial charge in [0.2, 0.25) is 0 Å². The predicted octanol–water partition coefficient (Wildman–Crippen LogP) is 5.40. The summed E-state index contributed by atoms with van der Waals surface area (Å²) < 4.78 is 10.8. The Balaban J connectivity index is 0.00000240. The summed E-state index contributed by atoms with van der Waals surface area (Å²) in [7, 11) is 3.38. The Labute approximate surface area is 178 Å². The number of ether oxygens (including phenoxy) is 2. The number of nitrogens with one attached hydrogen (secondary N) is 2. The molecule has 0 amide bonds. The van der Waals surface area contributed by atoms with Crippen molar-refractivity contribution in [3.63, 3.8) is 0 Å². The van der Waals surface area contributed by atoms with Crippen LogP contribution < -0.4 is 9.47 Å². The average Bonchev–Trinajstić information content (AvgIpc) is 3.47. The van der Waals surface area contributed by atoms with Gasteiger partial charge < -0.3 is 19.4 Å². The molecule has 1 aliphatic carbocycles. The number of benzene rings is 1. The second-order valence-corrected chi connectivity index (χ2v) is 7.30. The number of halogens is 1. The highest BCUT2D eigenvalue weighted by Gasteiger charge is 2.14. The van der Waals surface area contributed by atoms with Crippen LogP contribution in [0.4, 0.5) is 0 Å². The maximum atomic E-state index is 5.54. The van der Waals surface area contributed by atoms with Gasteiger partial charge in [-0.3, -0.25) is 4.99 Å². The van der Waals surface area contributed by atoms with Crippen LogP contribution in [-0.4, -0.2) is 36.4 Å². The predicted molar refractivity (Wildman–Crippen MR) is 120 cm³/mol. The minimum Gasteiger partial charge on any atom is -0.497 e. The number of hydrogen-bond acceptors (Lipinski definition) is 3. The first-order chi connectivity index (χ1) is 13.7. The fraction of sp³-hybridized carbons (Fsp3) is 0.348. The second kappa shape index (κ2) is 9.70. The molecule has 0 atom stereocenters. The van der Waals surface area contributed by atoms with Gasteiger partial charge in [-0.05, 0) is 42.7 Å². The van der Waals surface area contributed by atoms with E-state index in [1.165, 1.54) is 31.2 Å². The lowest BCUT2D eigenvalue weighted by Crippen LogP contribution is -1.97. The summed E-state index contributed by atoms with van der Waals surface area (Å²) in [6, 6.07) is 14.9. The molecule has 0 aliphatic heterocycles. The summed E-state index contributed by atoms with van der Waals surface area (Å²) in [5, 5.41) is 0. The third-order valence-corrected chi connectivity index (χ3v) is 5.36. The largest absolute Gasteiger partial charge is 0.497 e. The van der Waals surface area contributed by atoms with Gasteiger partial charge in [0, 0.05) is 24.4 Å². The number of nitrogens with zero attached hydrogens (tertiary/aromatic N) is 1. The lowest BCUT2D eigenvalue weighted by molar-refractivity contribution is 0.414. The van der Waals surface area contributed by atoms with Crippen molar-refractivity contribution in [2.45, 2.75) is 38.1 Å². The van der Waals surface area contributed by atoms with Gasteiger partial charge in [0.15, 0.2) is 0 Å². The molecule has 1 aromatic carbocycles. The van der Waals surface area contributed by atoms with Gasteiger partial charge in [0.1, 0.15) is 11.5 Å². The summed E-state index contributed by atoms with van der Waals surface area (Å²) >= 11 is 0. The molecule has 29 heavy (non-hydrogen) atoms. The molecule has 0 bridgehead atoms. The second-order valence-electron chi connectivity index (χ2n) is 7.30. The van der Waals surface area contributed by atoms with Crippen molar-refractivity contribution < 1.29 is 9.47 Å². The summed E-state index contributed by atoms with van der Waals surface area (Å²) in [5.41, 5.74) is 5.38. The van der Waals surface area contributed by atoms with Crippen LogP contribution in [0.15, 0.2) is 47.5 Å². The Morgan fingerprint density at radius 1 is 0.966 bits per heavy atom. The fourth-order valence-electron chi connectivity index (χ4n) is 3.76. The first-order valence-electron chi connectivity index (χ1n) is 9.86. The van der Waals surface area contributed by atoms with E-state index in [1.807, 2.05) is 24.4 Å². The molecule has 5 nitrogen and oxygen atoms in total. The SMILES string of the molecule is COc1ccc(Cc2ccc(-c3cc(OC)c(C=NC4CCCC4)[nH]3)[nH]2)cc1.Cl. The Bertz CT molecular complexity index is 937. The number of H-pyrrole nitrogens is 2. The van der Waals surface area contributed by atoms with Crippen LogP contribution in [0.2, 0.25) is 0 Å². The number of aromatic nitrogens is 2.